The van der Waals surface area contributed by atoms with Gasteiger partial charge >= 0.3 is 0 Å². The number of hydrogen-bond acceptors (Lipinski definition) is 3. The maximum Gasteiger partial charge on any atom is 0.225 e. The van der Waals surface area contributed by atoms with E-state index >= 15 is 0 Å². The van der Waals surface area contributed by atoms with Crippen molar-refractivity contribution >= 4 is 50.0 Å². The van der Waals surface area contributed by atoms with Crippen LogP contribution in [0, 0.1) is 5.92 Å². The molecule has 0 N–H and O–H groups in total. The number of anilines is 1. The van der Waals surface area contributed by atoms with Gasteiger partial charge in [0, 0.05) is 53.8 Å². The van der Waals surface area contributed by atoms with Crippen molar-refractivity contribution in [3.05, 3.63) is 33.9 Å². The van der Waals surface area contributed by atoms with Crippen molar-refractivity contribution in [1.82, 2.24) is 9.88 Å². The standard InChI is InChI=1S/C19H23BrClN3O/c1-3-23(4-2)19(25)13-6-9-24(10-7-13)17-5-8-22-18-15(17)11-14(20)12-16(18)21/h5,8,11-13H,3-4,6-7,9-10H2,1-2H3. The van der Waals surface area contributed by atoms with Crippen LogP contribution in [0.1, 0.15) is 26.7 Å². The largest absolute Gasteiger partial charge is 0.371 e. The van der Waals surface area contributed by atoms with Gasteiger partial charge in [-0.15, -0.1) is 0 Å². The van der Waals surface area contributed by atoms with Gasteiger partial charge in [0.05, 0.1) is 10.5 Å². The highest BCUT2D eigenvalue weighted by molar-refractivity contribution is 9.10. The van der Waals surface area contributed by atoms with Crippen LogP contribution in [0.5, 0.6) is 0 Å². The third kappa shape index (κ3) is 3.77. The number of pyridine rings is 1. The second-order valence-corrected chi connectivity index (χ2v) is 7.71. The molecule has 1 aromatic carbocycles. The lowest BCUT2D eigenvalue weighted by atomic mass is 9.94. The topological polar surface area (TPSA) is 36.4 Å². The lowest BCUT2D eigenvalue weighted by molar-refractivity contribution is -0.135. The number of amides is 1. The number of halogens is 2. The number of carbonyl (C=O) groups is 1. The van der Waals surface area contributed by atoms with E-state index in [1.807, 2.05) is 37.1 Å². The van der Waals surface area contributed by atoms with Gasteiger partial charge in [0.1, 0.15) is 0 Å². The van der Waals surface area contributed by atoms with Crippen LogP contribution < -0.4 is 4.90 Å². The van der Waals surface area contributed by atoms with E-state index in [4.69, 9.17) is 11.6 Å². The van der Waals surface area contributed by atoms with E-state index in [1.54, 1.807) is 0 Å². The summed E-state index contributed by atoms with van der Waals surface area (Å²) >= 11 is 9.86. The molecule has 6 heteroatoms. The molecule has 0 saturated carbocycles. The van der Waals surface area contributed by atoms with Crippen LogP contribution in [-0.2, 0) is 4.79 Å². The van der Waals surface area contributed by atoms with Crippen molar-refractivity contribution in [2.45, 2.75) is 26.7 Å². The number of fused-ring (bicyclic) bond motifs is 1. The van der Waals surface area contributed by atoms with E-state index in [-0.39, 0.29) is 5.92 Å². The van der Waals surface area contributed by atoms with Crippen LogP contribution in [0.25, 0.3) is 10.9 Å². The van der Waals surface area contributed by atoms with Crippen molar-refractivity contribution in [2.24, 2.45) is 5.92 Å². The fourth-order valence-electron chi connectivity index (χ4n) is 3.60. The smallest absolute Gasteiger partial charge is 0.225 e. The van der Waals surface area contributed by atoms with Gasteiger partial charge in [-0.2, -0.15) is 0 Å². The number of benzene rings is 1. The van der Waals surface area contributed by atoms with E-state index in [9.17, 15) is 4.79 Å². The van der Waals surface area contributed by atoms with Crippen molar-refractivity contribution < 1.29 is 4.79 Å². The van der Waals surface area contributed by atoms with E-state index < -0.39 is 0 Å². The third-order valence-corrected chi connectivity index (χ3v) is 5.75. The quantitative estimate of drug-likeness (QED) is 0.711. The minimum Gasteiger partial charge on any atom is -0.371 e. The Morgan fingerprint density at radius 2 is 2.00 bits per heavy atom. The zero-order chi connectivity index (χ0) is 18.0. The summed E-state index contributed by atoms with van der Waals surface area (Å²) in [5.74, 6) is 0.439. The van der Waals surface area contributed by atoms with Crippen molar-refractivity contribution in [2.75, 3.05) is 31.1 Å². The Morgan fingerprint density at radius 1 is 1.32 bits per heavy atom. The van der Waals surface area contributed by atoms with Crippen LogP contribution in [0.3, 0.4) is 0 Å². The molecule has 1 aliphatic heterocycles. The highest BCUT2D eigenvalue weighted by Crippen LogP contribution is 2.34. The first-order chi connectivity index (χ1) is 12.0. The Labute approximate surface area is 162 Å². The minimum absolute atomic E-state index is 0.138. The average molecular weight is 425 g/mol. The summed E-state index contributed by atoms with van der Waals surface area (Å²) in [6.45, 7) is 7.42. The van der Waals surface area contributed by atoms with Gasteiger partial charge in [0.2, 0.25) is 5.91 Å². The number of hydrogen-bond donors (Lipinski definition) is 0. The zero-order valence-electron chi connectivity index (χ0n) is 14.6. The van der Waals surface area contributed by atoms with Crippen molar-refractivity contribution in [1.29, 1.82) is 0 Å². The molecule has 3 rings (SSSR count). The Kier molecular flexibility index (Phi) is 5.85. The zero-order valence-corrected chi connectivity index (χ0v) is 17.0. The monoisotopic (exact) mass is 423 g/mol. The normalized spacial score (nSPS) is 15.6. The van der Waals surface area contributed by atoms with Crippen LogP contribution in [0.4, 0.5) is 5.69 Å². The van der Waals surface area contributed by atoms with Gasteiger partial charge in [0.15, 0.2) is 0 Å². The molecule has 0 radical (unpaired) electrons. The predicted molar refractivity (Wildman–Crippen MR) is 107 cm³/mol. The summed E-state index contributed by atoms with van der Waals surface area (Å²) in [7, 11) is 0. The summed E-state index contributed by atoms with van der Waals surface area (Å²) in [4.78, 5) is 21.3. The lowest BCUT2D eigenvalue weighted by Gasteiger charge is -2.35. The van der Waals surface area contributed by atoms with E-state index in [2.05, 4.69) is 31.9 Å². The molecule has 2 aromatic rings. The van der Waals surface area contributed by atoms with Gasteiger partial charge in [-0.3, -0.25) is 9.78 Å². The minimum atomic E-state index is 0.138. The van der Waals surface area contributed by atoms with Crippen LogP contribution >= 0.6 is 27.5 Å². The molecule has 0 unspecified atom stereocenters. The number of carbonyl (C=O) groups excluding carboxylic acids is 1. The van der Waals surface area contributed by atoms with Crippen LogP contribution in [-0.4, -0.2) is 42.0 Å². The second-order valence-electron chi connectivity index (χ2n) is 6.39. The fourth-order valence-corrected chi connectivity index (χ4v) is 4.46. The number of rotatable bonds is 4. The van der Waals surface area contributed by atoms with Crippen LogP contribution in [0.2, 0.25) is 5.02 Å². The molecule has 1 amide bonds. The fraction of sp³-hybridized carbons (Fsp3) is 0.474. The molecule has 0 spiro atoms. The number of aromatic nitrogens is 1. The first kappa shape index (κ1) is 18.5. The summed E-state index contributed by atoms with van der Waals surface area (Å²) in [6.07, 6.45) is 3.59. The Morgan fingerprint density at radius 3 is 2.64 bits per heavy atom. The highest BCUT2D eigenvalue weighted by atomic mass is 79.9. The van der Waals surface area contributed by atoms with E-state index in [1.165, 1.54) is 0 Å². The highest BCUT2D eigenvalue weighted by Gasteiger charge is 2.28. The molecule has 0 aliphatic carbocycles. The van der Waals surface area contributed by atoms with Gasteiger partial charge in [-0.05, 0) is 44.9 Å². The van der Waals surface area contributed by atoms with Crippen molar-refractivity contribution in [3.63, 3.8) is 0 Å². The molecule has 2 heterocycles. The molecule has 1 saturated heterocycles. The summed E-state index contributed by atoms with van der Waals surface area (Å²) in [5.41, 5.74) is 1.96. The maximum absolute atomic E-state index is 12.6. The molecule has 0 bridgehead atoms. The van der Waals surface area contributed by atoms with Gasteiger partial charge in [-0.1, -0.05) is 27.5 Å². The Balaban J connectivity index is 1.80. The lowest BCUT2D eigenvalue weighted by Crippen LogP contribution is -2.42. The maximum atomic E-state index is 12.6. The third-order valence-electron chi connectivity index (χ3n) is 5.00. The molecule has 1 aliphatic rings. The second kappa shape index (κ2) is 7.92. The summed E-state index contributed by atoms with van der Waals surface area (Å²) < 4.78 is 0.950. The van der Waals surface area contributed by atoms with Crippen molar-refractivity contribution in [3.8, 4) is 0 Å². The summed E-state index contributed by atoms with van der Waals surface area (Å²) in [5, 5.41) is 1.70. The van der Waals surface area contributed by atoms with Gasteiger partial charge in [0.25, 0.3) is 0 Å². The molecular formula is C19H23BrClN3O. The van der Waals surface area contributed by atoms with Gasteiger partial charge in [-0.25, -0.2) is 0 Å². The SMILES string of the molecule is CCN(CC)C(=O)C1CCN(c2ccnc3c(Cl)cc(Br)cc23)CC1. The van der Waals surface area contributed by atoms with Gasteiger partial charge < -0.3 is 9.80 Å². The van der Waals surface area contributed by atoms with E-state index in [0.29, 0.717) is 10.9 Å². The molecule has 4 nitrogen and oxygen atoms in total. The molecule has 1 aromatic heterocycles. The summed E-state index contributed by atoms with van der Waals surface area (Å²) in [6, 6.07) is 5.98. The Hall–Kier alpha value is -1.33. The van der Waals surface area contributed by atoms with E-state index in [0.717, 1.165) is 60.1 Å². The molecule has 25 heavy (non-hydrogen) atoms. The average Bonchev–Trinajstić information content (AvgIpc) is 2.62. The molecular weight excluding hydrogens is 402 g/mol. The first-order valence-corrected chi connectivity index (χ1v) is 9.99. The molecule has 134 valence electrons. The Bertz CT molecular complexity index is 771. The number of piperidine rings is 1. The first-order valence-electron chi connectivity index (χ1n) is 8.82. The predicted octanol–water partition coefficient (Wildman–Crippen LogP) is 4.74. The molecule has 1 fully saturated rings. The van der Waals surface area contributed by atoms with Crippen LogP contribution in [0.15, 0.2) is 28.9 Å². The number of nitrogens with zero attached hydrogens (tertiary/aromatic N) is 3. The molecule has 0 atom stereocenters.